The minimum absolute atomic E-state index is 0.245. The standard InChI is InChI=1S/C15H22N2O4/c1-6-8-11-9-7-10-12(20-14(18)16(2)3)13(11)21-15(19)17(4)5/h7,9-10H,6,8H2,1-5H3. The summed E-state index contributed by atoms with van der Waals surface area (Å²) < 4.78 is 10.6. The van der Waals surface area contributed by atoms with E-state index in [2.05, 4.69) is 0 Å². The van der Waals surface area contributed by atoms with Crippen LogP contribution in [0.25, 0.3) is 0 Å². The normalized spacial score (nSPS) is 9.95. The number of para-hydroxylation sites is 1. The first-order valence-corrected chi connectivity index (χ1v) is 6.77. The van der Waals surface area contributed by atoms with Gasteiger partial charge in [-0.05, 0) is 18.1 Å². The number of rotatable bonds is 4. The third-order valence-electron chi connectivity index (χ3n) is 2.70. The zero-order chi connectivity index (χ0) is 16.0. The molecule has 0 saturated carbocycles. The minimum Gasteiger partial charge on any atom is -0.406 e. The molecule has 116 valence electrons. The van der Waals surface area contributed by atoms with Crippen molar-refractivity contribution in [2.45, 2.75) is 19.8 Å². The quantitative estimate of drug-likeness (QED) is 0.856. The average Bonchev–Trinajstić information content (AvgIpc) is 2.41. The van der Waals surface area contributed by atoms with Crippen LogP contribution in [0.15, 0.2) is 18.2 Å². The maximum atomic E-state index is 11.8. The van der Waals surface area contributed by atoms with Crippen LogP contribution < -0.4 is 9.47 Å². The number of nitrogens with zero attached hydrogens (tertiary/aromatic N) is 2. The van der Waals surface area contributed by atoms with E-state index in [0.717, 1.165) is 18.4 Å². The van der Waals surface area contributed by atoms with E-state index in [9.17, 15) is 9.59 Å². The van der Waals surface area contributed by atoms with Crippen molar-refractivity contribution in [1.82, 2.24) is 9.80 Å². The van der Waals surface area contributed by atoms with Gasteiger partial charge in [-0.3, -0.25) is 0 Å². The topological polar surface area (TPSA) is 59.1 Å². The summed E-state index contributed by atoms with van der Waals surface area (Å²) in [6.07, 6.45) is 0.576. The molecule has 6 nitrogen and oxygen atoms in total. The van der Waals surface area contributed by atoms with Gasteiger partial charge in [0.05, 0.1) is 0 Å². The maximum Gasteiger partial charge on any atom is 0.414 e. The first-order valence-electron chi connectivity index (χ1n) is 6.77. The molecule has 0 fully saturated rings. The molecule has 2 amide bonds. The summed E-state index contributed by atoms with van der Waals surface area (Å²) in [6, 6.07) is 5.24. The Morgan fingerprint density at radius 2 is 1.57 bits per heavy atom. The largest absolute Gasteiger partial charge is 0.414 e. The van der Waals surface area contributed by atoms with Crippen molar-refractivity contribution in [2.75, 3.05) is 28.2 Å². The first kappa shape index (κ1) is 16.8. The van der Waals surface area contributed by atoms with E-state index in [1.54, 1.807) is 40.3 Å². The molecule has 0 spiro atoms. The minimum atomic E-state index is -0.522. The van der Waals surface area contributed by atoms with E-state index in [4.69, 9.17) is 9.47 Å². The summed E-state index contributed by atoms with van der Waals surface area (Å²) in [5, 5.41) is 0. The molecule has 21 heavy (non-hydrogen) atoms. The Kier molecular flexibility index (Phi) is 6.02. The van der Waals surface area contributed by atoms with Crippen LogP contribution in [0.5, 0.6) is 11.5 Å². The molecule has 0 atom stereocenters. The van der Waals surface area contributed by atoms with E-state index in [-0.39, 0.29) is 5.75 Å². The van der Waals surface area contributed by atoms with Crippen molar-refractivity contribution >= 4 is 12.2 Å². The highest BCUT2D eigenvalue weighted by Crippen LogP contribution is 2.33. The van der Waals surface area contributed by atoms with E-state index in [1.807, 2.05) is 13.0 Å². The molecule has 0 aromatic heterocycles. The number of hydrogen-bond acceptors (Lipinski definition) is 4. The average molecular weight is 294 g/mol. The molecule has 0 aliphatic carbocycles. The fourth-order valence-electron chi connectivity index (χ4n) is 1.59. The zero-order valence-corrected chi connectivity index (χ0v) is 13.2. The van der Waals surface area contributed by atoms with Gasteiger partial charge in [-0.2, -0.15) is 0 Å². The van der Waals surface area contributed by atoms with Crippen LogP contribution >= 0.6 is 0 Å². The molecule has 1 aromatic rings. The Labute approximate surface area is 125 Å². The van der Waals surface area contributed by atoms with E-state index in [0.29, 0.717) is 5.75 Å². The van der Waals surface area contributed by atoms with Gasteiger partial charge in [0.2, 0.25) is 0 Å². The summed E-state index contributed by atoms with van der Waals surface area (Å²) in [6.45, 7) is 2.02. The molecule has 1 rings (SSSR count). The van der Waals surface area contributed by atoms with Crippen LogP contribution in [0.3, 0.4) is 0 Å². The highest BCUT2D eigenvalue weighted by Gasteiger charge is 2.18. The molecule has 1 aromatic carbocycles. The highest BCUT2D eigenvalue weighted by atomic mass is 16.6. The molecule has 0 N–H and O–H groups in total. The fourth-order valence-corrected chi connectivity index (χ4v) is 1.59. The third kappa shape index (κ3) is 4.66. The first-order chi connectivity index (χ1) is 9.86. The summed E-state index contributed by atoms with van der Waals surface area (Å²) >= 11 is 0. The zero-order valence-electron chi connectivity index (χ0n) is 13.2. The SMILES string of the molecule is CCCc1cccc(OC(=O)N(C)C)c1OC(=O)N(C)C. The van der Waals surface area contributed by atoms with Gasteiger partial charge >= 0.3 is 12.2 Å². The second kappa shape index (κ2) is 7.52. The van der Waals surface area contributed by atoms with E-state index in [1.165, 1.54) is 9.80 Å². The van der Waals surface area contributed by atoms with Crippen molar-refractivity contribution in [3.63, 3.8) is 0 Å². The van der Waals surface area contributed by atoms with E-state index < -0.39 is 12.2 Å². The number of benzene rings is 1. The van der Waals surface area contributed by atoms with Crippen LogP contribution in [-0.4, -0.2) is 50.2 Å². The Morgan fingerprint density at radius 1 is 1.00 bits per heavy atom. The number of amides is 2. The lowest BCUT2D eigenvalue weighted by Gasteiger charge is -2.18. The van der Waals surface area contributed by atoms with Crippen molar-refractivity contribution in [2.24, 2.45) is 0 Å². The van der Waals surface area contributed by atoms with Crippen molar-refractivity contribution in [3.05, 3.63) is 23.8 Å². The van der Waals surface area contributed by atoms with Gasteiger partial charge in [0.25, 0.3) is 0 Å². The number of aryl methyl sites for hydroxylation is 1. The Hall–Kier alpha value is -2.24. The van der Waals surface area contributed by atoms with Crippen LogP contribution in [-0.2, 0) is 6.42 Å². The van der Waals surface area contributed by atoms with Crippen molar-refractivity contribution < 1.29 is 19.1 Å². The molecule has 0 unspecified atom stereocenters. The van der Waals surface area contributed by atoms with E-state index >= 15 is 0 Å². The van der Waals surface area contributed by atoms with Crippen LogP contribution in [0, 0.1) is 0 Å². The van der Waals surface area contributed by atoms with Gasteiger partial charge in [-0.15, -0.1) is 0 Å². The summed E-state index contributed by atoms with van der Waals surface area (Å²) in [5.74, 6) is 0.545. The van der Waals surface area contributed by atoms with Crippen LogP contribution in [0.4, 0.5) is 9.59 Å². The Bertz CT molecular complexity index is 512. The van der Waals surface area contributed by atoms with Crippen LogP contribution in [0.1, 0.15) is 18.9 Å². The third-order valence-corrected chi connectivity index (χ3v) is 2.70. The van der Waals surface area contributed by atoms with Crippen molar-refractivity contribution in [1.29, 1.82) is 0 Å². The Balaban J connectivity index is 3.13. The highest BCUT2D eigenvalue weighted by molar-refractivity contribution is 5.75. The monoisotopic (exact) mass is 294 g/mol. The predicted octanol–water partition coefficient (Wildman–Crippen LogP) is 2.76. The molecule has 0 saturated heterocycles. The lowest BCUT2D eigenvalue weighted by molar-refractivity contribution is 0.160. The molecular weight excluding hydrogens is 272 g/mol. The maximum absolute atomic E-state index is 11.8. The van der Waals surface area contributed by atoms with Gasteiger partial charge in [0.1, 0.15) is 0 Å². The molecule has 6 heteroatoms. The molecule has 0 bridgehead atoms. The predicted molar refractivity (Wildman–Crippen MR) is 79.9 cm³/mol. The molecular formula is C15H22N2O4. The lowest BCUT2D eigenvalue weighted by Crippen LogP contribution is -2.28. The van der Waals surface area contributed by atoms with Gasteiger partial charge in [-0.25, -0.2) is 9.59 Å². The number of ether oxygens (including phenoxy) is 2. The second-order valence-electron chi connectivity index (χ2n) is 5.02. The summed E-state index contributed by atoms with van der Waals surface area (Å²) in [5.41, 5.74) is 0.830. The van der Waals surface area contributed by atoms with Gasteiger partial charge in [0, 0.05) is 28.2 Å². The summed E-state index contributed by atoms with van der Waals surface area (Å²) in [7, 11) is 6.36. The smallest absolute Gasteiger partial charge is 0.406 e. The number of hydrogen-bond donors (Lipinski definition) is 0. The summed E-state index contributed by atoms with van der Waals surface area (Å²) in [4.78, 5) is 26.1. The van der Waals surface area contributed by atoms with Gasteiger partial charge < -0.3 is 19.3 Å². The molecule has 0 heterocycles. The number of carbonyl (C=O) groups is 2. The van der Waals surface area contributed by atoms with Crippen LogP contribution in [0.2, 0.25) is 0 Å². The second-order valence-corrected chi connectivity index (χ2v) is 5.02. The Morgan fingerprint density at radius 3 is 2.10 bits per heavy atom. The lowest BCUT2D eigenvalue weighted by atomic mass is 10.1. The molecule has 0 aliphatic heterocycles. The van der Waals surface area contributed by atoms with Gasteiger partial charge in [0.15, 0.2) is 11.5 Å². The fraction of sp³-hybridized carbons (Fsp3) is 0.467. The van der Waals surface area contributed by atoms with Gasteiger partial charge in [-0.1, -0.05) is 25.5 Å². The molecule has 0 radical (unpaired) electrons. The number of carbonyl (C=O) groups excluding carboxylic acids is 2. The van der Waals surface area contributed by atoms with Crippen molar-refractivity contribution in [3.8, 4) is 11.5 Å². The molecule has 0 aliphatic rings.